The van der Waals surface area contributed by atoms with Crippen LogP contribution >= 0.6 is 0 Å². The van der Waals surface area contributed by atoms with Gasteiger partial charge in [-0.05, 0) is 28.3 Å². The van der Waals surface area contributed by atoms with Gasteiger partial charge in [-0.3, -0.25) is 0 Å². The number of allylic oxidation sites excluding steroid dienone is 4. The van der Waals surface area contributed by atoms with Crippen molar-refractivity contribution in [1.82, 2.24) is 15.0 Å². The lowest BCUT2D eigenvalue weighted by molar-refractivity contribution is 0.519. The van der Waals surface area contributed by atoms with Crippen molar-refractivity contribution in [2.24, 2.45) is 0 Å². The van der Waals surface area contributed by atoms with E-state index in [-0.39, 0.29) is 11.3 Å². The molecule has 0 radical (unpaired) electrons. The van der Waals surface area contributed by atoms with Gasteiger partial charge in [0.2, 0.25) is 0 Å². The Hall–Kier alpha value is -4.63. The fourth-order valence-corrected chi connectivity index (χ4v) is 5.73. The summed E-state index contributed by atoms with van der Waals surface area (Å²) in [5.41, 5.74) is 8.06. The third kappa shape index (κ3) is 3.54. The monoisotopic (exact) mass is 475 g/mol. The number of fused-ring (bicyclic) bond motifs is 6. The third-order valence-corrected chi connectivity index (χ3v) is 7.65. The van der Waals surface area contributed by atoms with Gasteiger partial charge in [0.05, 0.1) is 0 Å². The molecule has 2 atom stereocenters. The standard InChI is InChI=1S/C34H25N3/c1-34-21-11-10-18-29(34)27-17-9-8-16-26(27)28-20-19-25(22-30(28)34)33-36-31(23-12-4-2-5-13-23)35-32(37-33)24-14-6-3-7-15-24/h2-22,29H,1H3. The second kappa shape index (κ2) is 8.49. The molecule has 0 aliphatic heterocycles. The molecule has 3 heteroatoms. The van der Waals surface area contributed by atoms with Gasteiger partial charge in [0, 0.05) is 28.0 Å². The Bertz CT molecular complexity index is 1630. The van der Waals surface area contributed by atoms with E-state index in [2.05, 4.69) is 73.7 Å². The van der Waals surface area contributed by atoms with E-state index in [1.54, 1.807) is 0 Å². The zero-order chi connectivity index (χ0) is 24.8. The SMILES string of the molecule is CC12C=CC=CC1c1ccccc1-c1ccc(-c3nc(-c4ccccc4)nc(-c4ccccc4)n3)cc12. The van der Waals surface area contributed by atoms with Gasteiger partial charge in [-0.15, -0.1) is 0 Å². The lowest BCUT2D eigenvalue weighted by Crippen LogP contribution is -2.32. The molecule has 0 saturated heterocycles. The third-order valence-electron chi connectivity index (χ3n) is 7.65. The van der Waals surface area contributed by atoms with Crippen LogP contribution in [0.15, 0.2) is 127 Å². The summed E-state index contributed by atoms with van der Waals surface area (Å²) in [6.45, 7) is 2.34. The molecule has 0 amide bonds. The summed E-state index contributed by atoms with van der Waals surface area (Å²) in [6.07, 6.45) is 9.01. The quantitative estimate of drug-likeness (QED) is 0.265. The highest BCUT2D eigenvalue weighted by atomic mass is 15.0. The van der Waals surface area contributed by atoms with Crippen molar-refractivity contribution in [3.63, 3.8) is 0 Å². The van der Waals surface area contributed by atoms with Crippen molar-refractivity contribution in [2.45, 2.75) is 18.3 Å². The molecule has 37 heavy (non-hydrogen) atoms. The van der Waals surface area contributed by atoms with Gasteiger partial charge in [-0.2, -0.15) is 0 Å². The van der Waals surface area contributed by atoms with Crippen molar-refractivity contribution in [1.29, 1.82) is 0 Å². The van der Waals surface area contributed by atoms with Gasteiger partial charge in [-0.1, -0.05) is 128 Å². The maximum absolute atomic E-state index is 4.97. The van der Waals surface area contributed by atoms with E-state index in [0.717, 1.165) is 16.7 Å². The Balaban J connectivity index is 1.44. The van der Waals surface area contributed by atoms with Crippen LogP contribution < -0.4 is 0 Å². The summed E-state index contributed by atoms with van der Waals surface area (Å²) in [5.74, 6) is 2.33. The van der Waals surface area contributed by atoms with Crippen LogP contribution in [-0.4, -0.2) is 15.0 Å². The molecule has 1 aromatic heterocycles. The molecule has 176 valence electrons. The van der Waals surface area contributed by atoms with E-state index < -0.39 is 0 Å². The molecular weight excluding hydrogens is 450 g/mol. The van der Waals surface area contributed by atoms with Gasteiger partial charge in [0.25, 0.3) is 0 Å². The van der Waals surface area contributed by atoms with Crippen LogP contribution in [0.4, 0.5) is 0 Å². The predicted octanol–water partition coefficient (Wildman–Crippen LogP) is 8.02. The average molecular weight is 476 g/mol. The highest BCUT2D eigenvalue weighted by molar-refractivity contribution is 5.81. The fraction of sp³-hybridized carbons (Fsp3) is 0.0882. The number of aromatic nitrogens is 3. The van der Waals surface area contributed by atoms with Crippen molar-refractivity contribution < 1.29 is 0 Å². The Morgan fingerprint density at radius 2 is 1.16 bits per heavy atom. The lowest BCUT2D eigenvalue weighted by atomic mass is 9.60. The van der Waals surface area contributed by atoms with Crippen LogP contribution in [0.25, 0.3) is 45.3 Å². The second-order valence-corrected chi connectivity index (χ2v) is 9.89. The first-order valence-electron chi connectivity index (χ1n) is 12.7. The first kappa shape index (κ1) is 21.6. The van der Waals surface area contributed by atoms with Crippen molar-refractivity contribution in [2.75, 3.05) is 0 Å². The van der Waals surface area contributed by atoms with Crippen molar-refractivity contribution in [3.05, 3.63) is 139 Å². The summed E-state index contributed by atoms with van der Waals surface area (Å²) in [6, 6.07) is 35.7. The van der Waals surface area contributed by atoms with Gasteiger partial charge in [0.1, 0.15) is 0 Å². The first-order valence-corrected chi connectivity index (χ1v) is 12.7. The van der Waals surface area contributed by atoms with Gasteiger partial charge in [-0.25, -0.2) is 15.0 Å². The minimum atomic E-state index is -0.147. The van der Waals surface area contributed by atoms with Crippen molar-refractivity contribution in [3.8, 4) is 45.3 Å². The van der Waals surface area contributed by atoms with Crippen LogP contribution in [0.3, 0.4) is 0 Å². The molecule has 0 N–H and O–H groups in total. The molecule has 3 nitrogen and oxygen atoms in total. The summed E-state index contributed by atoms with van der Waals surface area (Å²) < 4.78 is 0. The number of rotatable bonds is 3. The molecule has 0 spiro atoms. The van der Waals surface area contributed by atoms with Gasteiger partial charge >= 0.3 is 0 Å². The average Bonchev–Trinajstić information content (AvgIpc) is 2.98. The molecule has 1 heterocycles. The summed E-state index contributed by atoms with van der Waals surface area (Å²) in [4.78, 5) is 14.8. The molecule has 2 unspecified atom stereocenters. The Labute approximate surface area is 216 Å². The van der Waals surface area contributed by atoms with Crippen LogP contribution in [0.5, 0.6) is 0 Å². The number of benzene rings is 4. The highest BCUT2D eigenvalue weighted by Gasteiger charge is 2.41. The normalized spacial score (nSPS) is 19.1. The largest absolute Gasteiger partial charge is 0.208 e. The molecule has 0 fully saturated rings. The molecule has 0 saturated carbocycles. The summed E-state index contributed by atoms with van der Waals surface area (Å²) in [5, 5.41) is 0. The van der Waals surface area contributed by atoms with Gasteiger partial charge in [0.15, 0.2) is 17.5 Å². The Morgan fingerprint density at radius 1 is 0.568 bits per heavy atom. The molecule has 2 aliphatic rings. The number of nitrogens with zero attached hydrogens (tertiary/aromatic N) is 3. The molecule has 4 aromatic carbocycles. The van der Waals surface area contributed by atoms with E-state index in [4.69, 9.17) is 15.0 Å². The van der Waals surface area contributed by atoms with E-state index in [1.165, 1.54) is 22.3 Å². The van der Waals surface area contributed by atoms with E-state index in [1.807, 2.05) is 60.7 Å². The fourth-order valence-electron chi connectivity index (χ4n) is 5.73. The number of hydrogen-bond acceptors (Lipinski definition) is 3. The zero-order valence-corrected chi connectivity index (χ0v) is 20.5. The Kier molecular flexibility index (Phi) is 4.97. The molecular formula is C34H25N3. The highest BCUT2D eigenvalue weighted by Crippen LogP contribution is 2.53. The van der Waals surface area contributed by atoms with Crippen LogP contribution in [0.2, 0.25) is 0 Å². The van der Waals surface area contributed by atoms with Crippen LogP contribution in [0, 0.1) is 0 Å². The van der Waals surface area contributed by atoms with Crippen molar-refractivity contribution >= 4 is 0 Å². The van der Waals surface area contributed by atoms with Crippen LogP contribution in [0.1, 0.15) is 24.0 Å². The van der Waals surface area contributed by atoms with E-state index in [0.29, 0.717) is 17.5 Å². The molecule has 0 bridgehead atoms. The minimum absolute atomic E-state index is 0.147. The summed E-state index contributed by atoms with van der Waals surface area (Å²) in [7, 11) is 0. The molecule has 2 aliphatic carbocycles. The predicted molar refractivity (Wildman–Crippen MR) is 150 cm³/mol. The van der Waals surface area contributed by atoms with E-state index >= 15 is 0 Å². The second-order valence-electron chi connectivity index (χ2n) is 9.89. The maximum atomic E-state index is 4.97. The summed E-state index contributed by atoms with van der Waals surface area (Å²) >= 11 is 0. The smallest absolute Gasteiger partial charge is 0.164 e. The topological polar surface area (TPSA) is 38.7 Å². The minimum Gasteiger partial charge on any atom is -0.208 e. The molecule has 7 rings (SSSR count). The lowest BCUT2D eigenvalue weighted by Gasteiger charge is -2.42. The maximum Gasteiger partial charge on any atom is 0.164 e. The van der Waals surface area contributed by atoms with E-state index in [9.17, 15) is 0 Å². The molecule has 5 aromatic rings. The first-order chi connectivity index (χ1) is 18.2. The zero-order valence-electron chi connectivity index (χ0n) is 20.5. The van der Waals surface area contributed by atoms with Crippen LogP contribution in [-0.2, 0) is 5.41 Å². The van der Waals surface area contributed by atoms with Gasteiger partial charge < -0.3 is 0 Å². The Morgan fingerprint density at radius 3 is 1.84 bits per heavy atom. The number of hydrogen-bond donors (Lipinski definition) is 0.